The molecule has 4 aromatic carbocycles. The minimum atomic E-state index is 0. The summed E-state index contributed by atoms with van der Waals surface area (Å²) >= 11 is 0. The molecule has 0 amide bonds. The molecule has 0 fully saturated rings. The van der Waals surface area contributed by atoms with Crippen LogP contribution in [0.1, 0.15) is 22.8 Å². The summed E-state index contributed by atoms with van der Waals surface area (Å²) in [4.78, 5) is 8.54. The quantitative estimate of drug-likeness (QED) is 0.164. The molecule has 2 aliphatic rings. The van der Waals surface area contributed by atoms with Gasteiger partial charge in [-0.15, -0.1) is 22.8 Å². The smallest absolute Gasteiger partial charge is 0.0326 e. The maximum absolute atomic E-state index is 3.77. The zero-order valence-electron chi connectivity index (χ0n) is 27.8. The Bertz CT molecular complexity index is 1640. The van der Waals surface area contributed by atoms with Crippen molar-refractivity contribution in [3.63, 3.8) is 0 Å². The van der Waals surface area contributed by atoms with Gasteiger partial charge in [-0.05, 0) is 52.2 Å². The molecule has 0 N–H and O–H groups in total. The number of rotatable bonds is 2. The van der Waals surface area contributed by atoms with Crippen molar-refractivity contribution in [2.75, 3.05) is 33.7 Å². The molecule has 4 heterocycles. The van der Waals surface area contributed by atoms with Crippen LogP contribution in [-0.4, -0.2) is 24.3 Å². The second kappa shape index (κ2) is 18.4. The van der Waals surface area contributed by atoms with E-state index >= 15 is 0 Å². The van der Waals surface area contributed by atoms with Crippen molar-refractivity contribution < 1.29 is 42.1 Å². The van der Waals surface area contributed by atoms with Crippen molar-refractivity contribution in [3.05, 3.63) is 157 Å². The molecule has 2 aliphatic heterocycles. The number of aromatic nitrogens is 4. The Kier molecular flexibility index (Phi) is 14.7. The maximum Gasteiger partial charge on any atom is 0.0326 e. The molecular weight excluding hydrogens is 959 g/mol. The molecule has 48 heavy (non-hydrogen) atoms. The summed E-state index contributed by atoms with van der Waals surface area (Å²) in [6.45, 7) is 11.9. The molecule has 0 unspecified atom stereocenters. The average Bonchev–Trinajstić information content (AvgIpc) is 3.85. The van der Waals surface area contributed by atoms with E-state index in [9.17, 15) is 0 Å². The predicted octanol–water partition coefficient (Wildman–Crippen LogP) is 7.69. The first kappa shape index (κ1) is 38.3. The Morgan fingerprint density at radius 2 is 0.875 bits per heavy atom. The zero-order valence-corrected chi connectivity index (χ0v) is 32.3. The molecule has 8 nitrogen and oxygen atoms in total. The van der Waals surface area contributed by atoms with E-state index in [0.29, 0.717) is 0 Å². The van der Waals surface area contributed by atoms with Gasteiger partial charge in [-0.2, -0.15) is 74.0 Å². The van der Waals surface area contributed by atoms with Gasteiger partial charge in [0.05, 0.1) is 0 Å². The van der Waals surface area contributed by atoms with Gasteiger partial charge >= 0.3 is 0 Å². The van der Waals surface area contributed by atoms with E-state index in [1.165, 1.54) is 22.7 Å². The van der Waals surface area contributed by atoms with Crippen molar-refractivity contribution in [3.8, 4) is 0 Å². The largest absolute Gasteiger partial charge is 0.579 e. The van der Waals surface area contributed by atoms with Gasteiger partial charge in [-0.25, -0.2) is 0 Å². The Morgan fingerprint density at radius 1 is 0.521 bits per heavy atom. The van der Waals surface area contributed by atoms with Crippen LogP contribution in [0, 0.1) is 53.2 Å². The van der Waals surface area contributed by atoms with Crippen molar-refractivity contribution >= 4 is 34.1 Å². The van der Waals surface area contributed by atoms with Gasteiger partial charge in [0.2, 0.25) is 0 Å². The van der Waals surface area contributed by atoms with Crippen LogP contribution >= 0.6 is 0 Å². The second-order valence-corrected chi connectivity index (χ2v) is 10.9. The number of hydrogen-bond acceptors (Lipinski definition) is 6. The molecule has 0 saturated carbocycles. The number of para-hydroxylation sites is 6. The molecule has 256 valence electrons. The molecular formula is C38H38N8Pt2-6. The van der Waals surface area contributed by atoms with Crippen LogP contribution in [0.4, 0.5) is 34.1 Å². The van der Waals surface area contributed by atoms with Gasteiger partial charge in [-0.3, -0.25) is 0 Å². The number of fused-ring (bicyclic) bond motifs is 2. The third-order valence-corrected chi connectivity index (χ3v) is 7.09. The second-order valence-electron chi connectivity index (χ2n) is 10.9. The zero-order chi connectivity index (χ0) is 32.5. The minimum absolute atomic E-state index is 0. The fraction of sp³-hybridized carbons (Fsp3) is 0.158. The van der Waals surface area contributed by atoms with Gasteiger partial charge in [-0.1, -0.05) is 50.2 Å². The van der Waals surface area contributed by atoms with Crippen LogP contribution in [0.2, 0.25) is 0 Å². The van der Waals surface area contributed by atoms with Crippen LogP contribution < -0.4 is 29.8 Å². The van der Waals surface area contributed by atoms with E-state index in [0.717, 1.165) is 34.2 Å². The molecule has 0 aliphatic carbocycles. The van der Waals surface area contributed by atoms with E-state index in [4.69, 9.17) is 0 Å². The Balaban J connectivity index is 0.000000183. The SMILES string of the molecule is CN1[CH-]N(c2[c-]cccc2)c2ccccc21.CN1[CH-]N(c2[c-]cccc2)c2ccccc21.Cc1cc(C)[n-]n1.Cc1cc(C)[n-]n1.[Pt].[Pt]. The van der Waals surface area contributed by atoms with Gasteiger partial charge in [0.25, 0.3) is 0 Å². The average molecular weight is 997 g/mol. The van der Waals surface area contributed by atoms with Gasteiger partial charge in [0.15, 0.2) is 0 Å². The van der Waals surface area contributed by atoms with E-state index in [-0.39, 0.29) is 42.1 Å². The first-order valence-electron chi connectivity index (χ1n) is 15.0. The molecule has 0 spiro atoms. The van der Waals surface area contributed by atoms with Crippen molar-refractivity contribution in [2.24, 2.45) is 0 Å². The number of nitrogens with zero attached hydrogens (tertiary/aromatic N) is 8. The third-order valence-electron chi connectivity index (χ3n) is 7.09. The monoisotopic (exact) mass is 996 g/mol. The first-order chi connectivity index (χ1) is 22.3. The van der Waals surface area contributed by atoms with E-state index in [2.05, 4.69) is 140 Å². The number of anilines is 6. The molecule has 10 heteroatoms. The van der Waals surface area contributed by atoms with Crippen LogP contribution in [-0.2, 0) is 42.1 Å². The molecule has 8 rings (SSSR count). The fourth-order valence-corrected chi connectivity index (χ4v) is 5.01. The van der Waals surface area contributed by atoms with E-state index in [1.54, 1.807) is 0 Å². The number of aryl methyl sites for hydroxylation is 4. The predicted molar refractivity (Wildman–Crippen MR) is 187 cm³/mol. The van der Waals surface area contributed by atoms with Crippen LogP contribution in [0.3, 0.4) is 0 Å². The topological polar surface area (TPSA) is 66.9 Å². The third kappa shape index (κ3) is 9.95. The summed E-state index contributed by atoms with van der Waals surface area (Å²) in [6.07, 6.45) is 0. The first-order valence-corrected chi connectivity index (χ1v) is 15.0. The Morgan fingerprint density at radius 3 is 1.15 bits per heavy atom. The molecule has 0 saturated heterocycles. The summed E-state index contributed by atoms with van der Waals surface area (Å²) in [5, 5.41) is 15.1. The van der Waals surface area contributed by atoms with Crippen molar-refractivity contribution in [1.82, 2.24) is 20.4 Å². The summed E-state index contributed by atoms with van der Waals surface area (Å²) in [5.41, 5.74) is 11.0. The molecule has 0 bridgehead atoms. The summed E-state index contributed by atoms with van der Waals surface area (Å²) < 4.78 is 0. The molecule has 0 atom stereocenters. The van der Waals surface area contributed by atoms with Crippen molar-refractivity contribution in [1.29, 1.82) is 0 Å². The normalized spacial score (nSPS) is 12.1. The van der Waals surface area contributed by atoms with Gasteiger partial charge in [0, 0.05) is 76.3 Å². The van der Waals surface area contributed by atoms with Crippen LogP contribution in [0.25, 0.3) is 0 Å². The van der Waals surface area contributed by atoms with Crippen LogP contribution in [0.15, 0.2) is 109 Å². The molecule has 2 aromatic heterocycles. The molecule has 0 radical (unpaired) electrons. The van der Waals surface area contributed by atoms with E-state index in [1.807, 2.05) is 76.2 Å². The van der Waals surface area contributed by atoms with Crippen LogP contribution in [0.5, 0.6) is 0 Å². The number of benzene rings is 4. The fourth-order valence-electron chi connectivity index (χ4n) is 5.01. The molecule has 6 aromatic rings. The van der Waals surface area contributed by atoms with Crippen molar-refractivity contribution in [2.45, 2.75) is 27.7 Å². The Hall–Kier alpha value is -4.12. The minimum Gasteiger partial charge on any atom is -0.579 e. The number of hydrogen-bond donors (Lipinski definition) is 0. The van der Waals surface area contributed by atoms with E-state index < -0.39 is 0 Å². The summed E-state index contributed by atoms with van der Waals surface area (Å²) in [6, 6.07) is 43.1. The Labute approximate surface area is 313 Å². The summed E-state index contributed by atoms with van der Waals surface area (Å²) in [5.74, 6) is 0. The maximum atomic E-state index is 3.77. The standard InChI is InChI=1S/2C14H12N2.2C5H7N2.2Pt/c2*1-15-11-16(12-7-3-2-4-8-12)14-10-6-5-9-13(14)15;2*1-4-3-5(2)7-6-4;;/h2*2-7,9-11H,1H3;2*3H,1-2H3;;/q2*-2;2*-1;;. The van der Waals surface area contributed by atoms with Gasteiger partial charge < -0.3 is 40.0 Å². The van der Waals surface area contributed by atoms with Gasteiger partial charge in [0.1, 0.15) is 0 Å². The summed E-state index contributed by atoms with van der Waals surface area (Å²) in [7, 11) is 4.11.